The normalized spacial score (nSPS) is 19.8. The standard InChI is InChI=1S/C19H30N4O3S/c1-20-19(21-7-3-9-25-14-16-4-2-10-26-16)22-12-18(24)23-8-5-17-15(13-23)6-11-27-17/h6,11,16H,2-5,7-10,12-14H2,1H3,(H2,20,21,22). The highest BCUT2D eigenvalue weighted by Gasteiger charge is 2.21. The van der Waals surface area contributed by atoms with Crippen molar-refractivity contribution in [2.45, 2.75) is 38.3 Å². The number of guanidine groups is 1. The van der Waals surface area contributed by atoms with Gasteiger partial charge >= 0.3 is 0 Å². The van der Waals surface area contributed by atoms with Gasteiger partial charge in [0.1, 0.15) is 0 Å². The van der Waals surface area contributed by atoms with Crippen molar-refractivity contribution in [3.63, 3.8) is 0 Å². The number of carbonyl (C=O) groups is 1. The molecule has 7 nitrogen and oxygen atoms in total. The molecule has 2 N–H and O–H groups in total. The maximum atomic E-state index is 12.4. The van der Waals surface area contributed by atoms with Gasteiger partial charge in [-0.25, -0.2) is 0 Å². The summed E-state index contributed by atoms with van der Waals surface area (Å²) >= 11 is 1.78. The summed E-state index contributed by atoms with van der Waals surface area (Å²) in [7, 11) is 1.71. The smallest absolute Gasteiger partial charge is 0.242 e. The van der Waals surface area contributed by atoms with Crippen LogP contribution in [-0.2, 0) is 27.2 Å². The molecule has 1 aromatic heterocycles. The number of amides is 1. The first-order valence-corrected chi connectivity index (χ1v) is 10.6. The lowest BCUT2D eigenvalue weighted by atomic mass is 10.1. The SMILES string of the molecule is CN=C(NCCCOCC1CCCO1)NCC(=O)N1CCc2sccc2C1. The van der Waals surface area contributed by atoms with E-state index < -0.39 is 0 Å². The molecule has 0 saturated carbocycles. The monoisotopic (exact) mass is 394 g/mol. The van der Waals surface area contributed by atoms with Gasteiger partial charge in [-0.05, 0) is 42.7 Å². The van der Waals surface area contributed by atoms with Crippen LogP contribution in [-0.4, -0.2) is 69.4 Å². The fourth-order valence-electron chi connectivity index (χ4n) is 3.32. The van der Waals surface area contributed by atoms with Gasteiger partial charge in [0.25, 0.3) is 0 Å². The fraction of sp³-hybridized carbons (Fsp3) is 0.684. The zero-order valence-electron chi connectivity index (χ0n) is 16.0. The third-order valence-electron chi connectivity index (χ3n) is 4.88. The number of hydrogen-bond donors (Lipinski definition) is 2. The van der Waals surface area contributed by atoms with Crippen LogP contribution in [0.4, 0.5) is 0 Å². The van der Waals surface area contributed by atoms with E-state index in [0.717, 1.165) is 45.4 Å². The van der Waals surface area contributed by atoms with Crippen molar-refractivity contribution >= 4 is 23.2 Å². The number of nitrogens with one attached hydrogen (secondary N) is 2. The summed E-state index contributed by atoms with van der Waals surface area (Å²) in [4.78, 5) is 19.9. The van der Waals surface area contributed by atoms with Gasteiger partial charge in [-0.1, -0.05) is 0 Å². The van der Waals surface area contributed by atoms with Crippen LogP contribution in [0.5, 0.6) is 0 Å². The van der Waals surface area contributed by atoms with E-state index in [-0.39, 0.29) is 18.6 Å². The van der Waals surface area contributed by atoms with Crippen LogP contribution in [0.15, 0.2) is 16.4 Å². The van der Waals surface area contributed by atoms with E-state index >= 15 is 0 Å². The molecule has 0 radical (unpaired) electrons. The number of hydrogen-bond acceptors (Lipinski definition) is 5. The Morgan fingerprint density at radius 3 is 3.22 bits per heavy atom. The second kappa shape index (κ2) is 10.6. The van der Waals surface area contributed by atoms with Crippen LogP contribution < -0.4 is 10.6 Å². The van der Waals surface area contributed by atoms with Crippen LogP contribution in [0.2, 0.25) is 0 Å². The molecule has 3 rings (SSSR count). The van der Waals surface area contributed by atoms with E-state index in [2.05, 4.69) is 27.1 Å². The molecule has 1 amide bonds. The van der Waals surface area contributed by atoms with Crippen LogP contribution in [0.25, 0.3) is 0 Å². The molecule has 0 aromatic carbocycles. The molecule has 2 aliphatic rings. The summed E-state index contributed by atoms with van der Waals surface area (Å²) in [6, 6.07) is 2.12. The lowest BCUT2D eigenvalue weighted by Crippen LogP contribution is -2.46. The van der Waals surface area contributed by atoms with Crippen LogP contribution in [0, 0.1) is 0 Å². The number of carbonyl (C=O) groups excluding carboxylic acids is 1. The molecule has 1 fully saturated rings. The number of ether oxygens (including phenoxy) is 2. The molecule has 1 aromatic rings. The average molecular weight is 395 g/mol. The Morgan fingerprint density at radius 2 is 2.41 bits per heavy atom. The summed E-state index contributed by atoms with van der Waals surface area (Å²) in [6.45, 7) is 4.76. The average Bonchev–Trinajstić information content (AvgIpc) is 3.37. The Balaban J connectivity index is 1.27. The highest BCUT2D eigenvalue weighted by molar-refractivity contribution is 7.10. The predicted octanol–water partition coefficient (Wildman–Crippen LogP) is 1.38. The number of thiophene rings is 1. The molecule has 1 saturated heterocycles. The van der Waals surface area contributed by atoms with Gasteiger partial charge in [0.2, 0.25) is 5.91 Å². The molecule has 1 unspecified atom stereocenters. The van der Waals surface area contributed by atoms with Gasteiger partial charge in [0.05, 0.1) is 19.3 Å². The fourth-order valence-corrected chi connectivity index (χ4v) is 4.21. The maximum absolute atomic E-state index is 12.4. The van der Waals surface area contributed by atoms with E-state index in [1.54, 1.807) is 18.4 Å². The highest BCUT2D eigenvalue weighted by atomic mass is 32.1. The minimum atomic E-state index is 0.106. The number of rotatable bonds is 8. The van der Waals surface area contributed by atoms with E-state index in [0.29, 0.717) is 25.7 Å². The van der Waals surface area contributed by atoms with Crippen LogP contribution >= 0.6 is 11.3 Å². The Kier molecular flexibility index (Phi) is 7.92. The lowest BCUT2D eigenvalue weighted by molar-refractivity contribution is -0.130. The first kappa shape index (κ1) is 20.1. The minimum Gasteiger partial charge on any atom is -0.379 e. The van der Waals surface area contributed by atoms with Crippen molar-refractivity contribution in [3.8, 4) is 0 Å². The van der Waals surface area contributed by atoms with E-state index in [1.807, 2.05) is 4.90 Å². The molecule has 8 heteroatoms. The largest absolute Gasteiger partial charge is 0.379 e. The number of fused-ring (bicyclic) bond motifs is 1. The molecule has 3 heterocycles. The van der Waals surface area contributed by atoms with Gasteiger partial charge < -0.3 is 25.0 Å². The van der Waals surface area contributed by atoms with E-state index in [4.69, 9.17) is 9.47 Å². The molecule has 1 atom stereocenters. The van der Waals surface area contributed by atoms with Crippen molar-refractivity contribution in [1.82, 2.24) is 15.5 Å². The number of aliphatic imine (C=N–C) groups is 1. The van der Waals surface area contributed by atoms with Gasteiger partial charge in [0, 0.05) is 44.8 Å². The van der Waals surface area contributed by atoms with Crippen molar-refractivity contribution < 1.29 is 14.3 Å². The third kappa shape index (κ3) is 6.19. The van der Waals surface area contributed by atoms with Crippen molar-refractivity contribution in [2.24, 2.45) is 4.99 Å². The predicted molar refractivity (Wildman–Crippen MR) is 107 cm³/mol. The van der Waals surface area contributed by atoms with Crippen LogP contribution in [0.1, 0.15) is 29.7 Å². The van der Waals surface area contributed by atoms with Crippen molar-refractivity contribution in [1.29, 1.82) is 0 Å². The summed E-state index contributed by atoms with van der Waals surface area (Å²) in [5.41, 5.74) is 1.28. The minimum absolute atomic E-state index is 0.106. The summed E-state index contributed by atoms with van der Waals surface area (Å²) in [6.07, 6.45) is 4.36. The topological polar surface area (TPSA) is 75.2 Å². The van der Waals surface area contributed by atoms with E-state index in [1.165, 1.54) is 10.4 Å². The zero-order valence-corrected chi connectivity index (χ0v) is 16.9. The Hall–Kier alpha value is -1.64. The molecule has 0 aliphatic carbocycles. The molecular formula is C19H30N4O3S. The maximum Gasteiger partial charge on any atom is 0.242 e. The Bertz CT molecular complexity index is 628. The van der Waals surface area contributed by atoms with E-state index in [9.17, 15) is 4.79 Å². The van der Waals surface area contributed by atoms with Gasteiger partial charge in [-0.2, -0.15) is 0 Å². The second-order valence-electron chi connectivity index (χ2n) is 6.85. The van der Waals surface area contributed by atoms with Gasteiger partial charge in [-0.15, -0.1) is 11.3 Å². The molecular weight excluding hydrogens is 364 g/mol. The summed E-state index contributed by atoms with van der Waals surface area (Å²) < 4.78 is 11.2. The number of nitrogens with zero attached hydrogens (tertiary/aromatic N) is 2. The third-order valence-corrected chi connectivity index (χ3v) is 5.90. The summed E-state index contributed by atoms with van der Waals surface area (Å²) in [5.74, 6) is 0.755. The summed E-state index contributed by atoms with van der Waals surface area (Å²) in [5, 5.41) is 8.44. The van der Waals surface area contributed by atoms with Crippen LogP contribution in [0.3, 0.4) is 0 Å². The molecule has 0 spiro atoms. The first-order chi connectivity index (χ1) is 13.3. The van der Waals surface area contributed by atoms with Gasteiger partial charge in [-0.3, -0.25) is 9.79 Å². The van der Waals surface area contributed by atoms with Crippen molar-refractivity contribution in [2.75, 3.05) is 46.5 Å². The first-order valence-electron chi connectivity index (χ1n) is 9.73. The molecule has 27 heavy (non-hydrogen) atoms. The molecule has 150 valence electrons. The lowest BCUT2D eigenvalue weighted by Gasteiger charge is -2.27. The second-order valence-corrected chi connectivity index (χ2v) is 7.85. The molecule has 2 aliphatic heterocycles. The van der Waals surface area contributed by atoms with Crippen molar-refractivity contribution in [3.05, 3.63) is 21.9 Å². The highest BCUT2D eigenvalue weighted by Crippen LogP contribution is 2.23. The zero-order chi connectivity index (χ0) is 18.9. The van der Waals surface area contributed by atoms with Gasteiger partial charge in [0.15, 0.2) is 5.96 Å². The Morgan fingerprint density at radius 1 is 1.48 bits per heavy atom. The Labute approximate surface area is 165 Å². The quantitative estimate of drug-likeness (QED) is 0.396. The molecule has 0 bridgehead atoms.